The van der Waals surface area contributed by atoms with Crippen molar-refractivity contribution < 1.29 is 9.59 Å². The number of nitrogens with zero attached hydrogens (tertiary/aromatic N) is 1. The zero-order valence-corrected chi connectivity index (χ0v) is 11.0. The van der Waals surface area contributed by atoms with Gasteiger partial charge < -0.3 is 16.4 Å². The zero-order valence-electron chi connectivity index (χ0n) is 11.0. The van der Waals surface area contributed by atoms with Crippen LogP contribution in [0.4, 0.5) is 0 Å². The number of hydrogen-bond donors (Lipinski definition) is 2. The van der Waals surface area contributed by atoms with E-state index in [1.54, 1.807) is 11.9 Å². The maximum atomic E-state index is 12.2. The highest BCUT2D eigenvalue weighted by Crippen LogP contribution is 2.34. The van der Waals surface area contributed by atoms with Crippen molar-refractivity contribution in [2.75, 3.05) is 7.05 Å². The molecule has 0 fully saturated rings. The molecule has 0 spiro atoms. The van der Waals surface area contributed by atoms with Crippen LogP contribution in [-0.4, -0.2) is 29.8 Å². The average molecular weight is 261 g/mol. The van der Waals surface area contributed by atoms with Gasteiger partial charge in [0.25, 0.3) is 0 Å². The number of hydrogen-bond acceptors (Lipinski definition) is 3. The summed E-state index contributed by atoms with van der Waals surface area (Å²) in [5.41, 5.74) is 13.2. The summed E-state index contributed by atoms with van der Waals surface area (Å²) < 4.78 is 0. The van der Waals surface area contributed by atoms with Crippen LogP contribution >= 0.6 is 0 Å². The number of rotatable bonds is 4. The number of carbonyl (C=O) groups excluding carboxylic acids is 2. The molecule has 2 unspecified atom stereocenters. The molecule has 5 nitrogen and oxygen atoms in total. The van der Waals surface area contributed by atoms with E-state index >= 15 is 0 Å². The van der Waals surface area contributed by atoms with E-state index in [1.165, 1.54) is 11.1 Å². The van der Waals surface area contributed by atoms with E-state index in [9.17, 15) is 9.59 Å². The van der Waals surface area contributed by atoms with Gasteiger partial charge in [0.1, 0.15) is 0 Å². The minimum atomic E-state index is -0.852. The van der Waals surface area contributed by atoms with Crippen LogP contribution in [0.15, 0.2) is 24.3 Å². The lowest BCUT2D eigenvalue weighted by molar-refractivity contribution is -0.135. The van der Waals surface area contributed by atoms with Gasteiger partial charge in [-0.2, -0.15) is 0 Å². The number of carbonyl (C=O) groups is 2. The average Bonchev–Trinajstić information content (AvgIpc) is 2.80. The maximum absolute atomic E-state index is 12.2. The largest absolute Gasteiger partial charge is 0.370 e. The van der Waals surface area contributed by atoms with E-state index in [-0.39, 0.29) is 18.4 Å². The monoisotopic (exact) mass is 261 g/mol. The van der Waals surface area contributed by atoms with Crippen molar-refractivity contribution in [1.29, 1.82) is 0 Å². The molecule has 4 N–H and O–H groups in total. The molecule has 0 aliphatic heterocycles. The van der Waals surface area contributed by atoms with E-state index in [0.29, 0.717) is 0 Å². The van der Waals surface area contributed by atoms with Crippen LogP contribution in [0.25, 0.3) is 0 Å². The van der Waals surface area contributed by atoms with E-state index in [1.807, 2.05) is 18.2 Å². The molecule has 1 aliphatic rings. The van der Waals surface area contributed by atoms with E-state index in [4.69, 9.17) is 11.5 Å². The van der Waals surface area contributed by atoms with Crippen molar-refractivity contribution in [3.8, 4) is 0 Å². The molecule has 0 saturated carbocycles. The molecule has 0 heterocycles. The summed E-state index contributed by atoms with van der Waals surface area (Å²) in [6, 6.07) is 7.28. The summed E-state index contributed by atoms with van der Waals surface area (Å²) in [5.74, 6) is -0.790. The number of primary amides is 1. The topological polar surface area (TPSA) is 89.4 Å². The maximum Gasteiger partial charge on any atom is 0.240 e. The van der Waals surface area contributed by atoms with Crippen molar-refractivity contribution >= 4 is 11.8 Å². The molecule has 2 rings (SSSR count). The van der Waals surface area contributed by atoms with Gasteiger partial charge in [-0.1, -0.05) is 24.3 Å². The predicted molar refractivity (Wildman–Crippen MR) is 72.1 cm³/mol. The highest BCUT2D eigenvalue weighted by atomic mass is 16.2. The van der Waals surface area contributed by atoms with Gasteiger partial charge in [0.2, 0.25) is 11.8 Å². The summed E-state index contributed by atoms with van der Waals surface area (Å²) in [6.45, 7) is 0. The summed E-state index contributed by atoms with van der Waals surface area (Å²) in [6.07, 6.45) is 1.74. The van der Waals surface area contributed by atoms with Crippen LogP contribution in [0.2, 0.25) is 0 Å². The van der Waals surface area contributed by atoms with Gasteiger partial charge in [0.05, 0.1) is 18.5 Å². The van der Waals surface area contributed by atoms with Gasteiger partial charge in [-0.15, -0.1) is 0 Å². The molecule has 2 amide bonds. The minimum absolute atomic E-state index is 0.0441. The smallest absolute Gasteiger partial charge is 0.240 e. The van der Waals surface area contributed by atoms with Crippen LogP contribution in [0.5, 0.6) is 0 Å². The van der Waals surface area contributed by atoms with Crippen molar-refractivity contribution in [3.05, 3.63) is 35.4 Å². The Morgan fingerprint density at radius 3 is 2.79 bits per heavy atom. The molecule has 1 aromatic carbocycles. The molecule has 102 valence electrons. The van der Waals surface area contributed by atoms with E-state index < -0.39 is 11.9 Å². The second-order valence-electron chi connectivity index (χ2n) is 4.98. The van der Waals surface area contributed by atoms with Gasteiger partial charge in [-0.05, 0) is 24.0 Å². The number of nitrogens with two attached hydrogens (primary N) is 2. The quantitative estimate of drug-likeness (QED) is 0.818. The van der Waals surface area contributed by atoms with Crippen LogP contribution < -0.4 is 11.5 Å². The Hall–Kier alpha value is -1.88. The molecular formula is C14H19N3O2. The number of likely N-dealkylation sites (N-methyl/N-ethyl adjacent to an activating group) is 1. The fourth-order valence-electron chi connectivity index (χ4n) is 2.66. The highest BCUT2D eigenvalue weighted by molar-refractivity contribution is 5.87. The lowest BCUT2D eigenvalue weighted by Crippen LogP contribution is -2.44. The molecular weight excluding hydrogens is 242 g/mol. The molecule has 0 saturated heterocycles. The third-order valence-electron chi connectivity index (χ3n) is 3.65. The first-order valence-electron chi connectivity index (χ1n) is 6.39. The standard InChI is InChI=1S/C14H19N3O2/c1-17(14(19)11(15)8-13(16)18)12-7-6-9-4-2-3-5-10(9)12/h2-5,11-12H,6-8,15H2,1H3,(H2,16,18). The molecule has 0 bridgehead atoms. The van der Waals surface area contributed by atoms with Gasteiger partial charge in [0.15, 0.2) is 0 Å². The fraction of sp³-hybridized carbons (Fsp3) is 0.429. The summed E-state index contributed by atoms with van der Waals surface area (Å²) >= 11 is 0. The summed E-state index contributed by atoms with van der Waals surface area (Å²) in [5, 5.41) is 0. The molecule has 0 aromatic heterocycles. The van der Waals surface area contributed by atoms with Crippen molar-refractivity contribution in [1.82, 2.24) is 4.90 Å². The highest BCUT2D eigenvalue weighted by Gasteiger charge is 2.30. The van der Waals surface area contributed by atoms with E-state index in [0.717, 1.165) is 12.8 Å². The summed E-state index contributed by atoms with van der Waals surface area (Å²) in [7, 11) is 1.73. The summed E-state index contributed by atoms with van der Waals surface area (Å²) in [4.78, 5) is 24.6. The fourth-order valence-corrected chi connectivity index (χ4v) is 2.66. The molecule has 1 aliphatic carbocycles. The number of aryl methyl sites for hydroxylation is 1. The van der Waals surface area contributed by atoms with E-state index in [2.05, 4.69) is 6.07 Å². The Bertz CT molecular complexity index is 501. The SMILES string of the molecule is CN(C(=O)C(N)CC(N)=O)C1CCc2ccccc21. The number of benzene rings is 1. The minimum Gasteiger partial charge on any atom is -0.370 e. The lowest BCUT2D eigenvalue weighted by atomic mass is 10.1. The second kappa shape index (κ2) is 5.40. The third-order valence-corrected chi connectivity index (χ3v) is 3.65. The first-order chi connectivity index (χ1) is 9.00. The van der Waals surface area contributed by atoms with Crippen LogP contribution in [0.3, 0.4) is 0 Å². The van der Waals surface area contributed by atoms with Gasteiger partial charge in [-0.25, -0.2) is 0 Å². The van der Waals surface area contributed by atoms with Crippen LogP contribution in [-0.2, 0) is 16.0 Å². The van der Waals surface area contributed by atoms with Gasteiger partial charge >= 0.3 is 0 Å². The zero-order chi connectivity index (χ0) is 14.0. The van der Waals surface area contributed by atoms with Gasteiger partial charge in [-0.3, -0.25) is 9.59 Å². The van der Waals surface area contributed by atoms with Crippen molar-refractivity contribution in [2.45, 2.75) is 31.3 Å². The molecule has 5 heteroatoms. The number of amides is 2. The lowest BCUT2D eigenvalue weighted by Gasteiger charge is -2.27. The van der Waals surface area contributed by atoms with Crippen LogP contribution in [0.1, 0.15) is 30.0 Å². The molecule has 1 aromatic rings. The molecule has 2 atom stereocenters. The Kier molecular flexibility index (Phi) is 3.85. The van der Waals surface area contributed by atoms with Crippen LogP contribution in [0, 0.1) is 0 Å². The first kappa shape index (κ1) is 13.5. The normalized spacial score (nSPS) is 18.7. The number of fused-ring (bicyclic) bond motifs is 1. The Labute approximate surface area is 112 Å². The Morgan fingerprint density at radius 1 is 1.42 bits per heavy atom. The van der Waals surface area contributed by atoms with Gasteiger partial charge in [0, 0.05) is 7.05 Å². The Morgan fingerprint density at radius 2 is 2.11 bits per heavy atom. The predicted octanol–water partition coefficient (Wildman–Crippen LogP) is 0.335. The van der Waals surface area contributed by atoms with Crippen molar-refractivity contribution in [3.63, 3.8) is 0 Å². The third kappa shape index (κ3) is 2.76. The second-order valence-corrected chi connectivity index (χ2v) is 4.98. The first-order valence-corrected chi connectivity index (χ1v) is 6.39. The molecule has 0 radical (unpaired) electrons. The van der Waals surface area contributed by atoms with Crippen molar-refractivity contribution in [2.24, 2.45) is 11.5 Å². The molecule has 19 heavy (non-hydrogen) atoms. The Balaban J connectivity index is 2.11.